The zero-order valence-electron chi connectivity index (χ0n) is 24.8. The van der Waals surface area contributed by atoms with E-state index in [-0.39, 0.29) is 0 Å². The fourth-order valence-corrected chi connectivity index (χ4v) is 8.46. The third kappa shape index (κ3) is 3.81. The number of hydrogen-bond donors (Lipinski definition) is 0. The van der Waals surface area contributed by atoms with E-state index >= 15 is 0 Å². The summed E-state index contributed by atoms with van der Waals surface area (Å²) >= 11 is 1.87. The van der Waals surface area contributed by atoms with Gasteiger partial charge in [-0.05, 0) is 97.4 Å². The molecule has 0 spiro atoms. The van der Waals surface area contributed by atoms with Gasteiger partial charge in [0.15, 0.2) is 0 Å². The van der Waals surface area contributed by atoms with Crippen molar-refractivity contribution < 1.29 is 4.42 Å². The Labute approximate surface area is 269 Å². The lowest BCUT2D eigenvalue weighted by molar-refractivity contribution is 0.669. The molecule has 0 aliphatic carbocycles. The van der Waals surface area contributed by atoms with E-state index in [1.165, 1.54) is 69.5 Å². The fourth-order valence-electron chi connectivity index (χ4n) is 7.37. The maximum atomic E-state index is 6.39. The maximum absolute atomic E-state index is 6.39. The van der Waals surface area contributed by atoms with Crippen LogP contribution in [0, 0.1) is 0 Å². The zero-order chi connectivity index (χ0) is 30.2. The Morgan fingerprint density at radius 2 is 0.848 bits per heavy atom. The van der Waals surface area contributed by atoms with Crippen LogP contribution in [0.5, 0.6) is 0 Å². The van der Waals surface area contributed by atoms with Crippen molar-refractivity contribution >= 4 is 75.0 Å². The van der Waals surface area contributed by atoms with Crippen molar-refractivity contribution in [3.8, 4) is 33.4 Å². The molecule has 2 heterocycles. The first-order valence-corrected chi connectivity index (χ1v) is 16.5. The zero-order valence-corrected chi connectivity index (χ0v) is 25.6. The number of hydrogen-bond acceptors (Lipinski definition) is 2. The average Bonchev–Trinajstić information content (AvgIpc) is 3.68. The van der Waals surface area contributed by atoms with Crippen molar-refractivity contribution in [3.63, 3.8) is 0 Å². The molecule has 8 aromatic carbocycles. The Morgan fingerprint density at radius 3 is 1.70 bits per heavy atom. The number of thiophene rings is 1. The molecule has 0 saturated heterocycles. The molecule has 0 amide bonds. The standard InChI is InChI=1S/C44H26OS/c1-2-10-27(11-3-1)28-18-22-36-38(24-28)44(30-19-21-32-31-12-6-8-16-39(31)45-40(32)26-30)35-15-5-4-14-34(35)43(36)29-20-23-42-37(25-29)33-13-7-9-17-41(33)46-42/h1-26H. The van der Waals surface area contributed by atoms with Gasteiger partial charge in [0, 0.05) is 30.9 Å². The molecule has 0 N–H and O–H groups in total. The smallest absolute Gasteiger partial charge is 0.136 e. The van der Waals surface area contributed by atoms with Crippen molar-refractivity contribution in [3.05, 3.63) is 158 Å². The van der Waals surface area contributed by atoms with Gasteiger partial charge in [0.25, 0.3) is 0 Å². The highest BCUT2D eigenvalue weighted by Crippen LogP contribution is 2.47. The maximum Gasteiger partial charge on any atom is 0.136 e. The highest BCUT2D eigenvalue weighted by molar-refractivity contribution is 7.25. The topological polar surface area (TPSA) is 13.1 Å². The lowest BCUT2D eigenvalue weighted by Gasteiger charge is -2.19. The van der Waals surface area contributed by atoms with Gasteiger partial charge in [0.05, 0.1) is 0 Å². The van der Waals surface area contributed by atoms with E-state index < -0.39 is 0 Å². The van der Waals surface area contributed by atoms with Crippen LogP contribution in [-0.2, 0) is 0 Å². The first-order valence-electron chi connectivity index (χ1n) is 15.7. The molecule has 2 heteroatoms. The normalized spacial score (nSPS) is 11.9. The van der Waals surface area contributed by atoms with Gasteiger partial charge >= 0.3 is 0 Å². The predicted molar refractivity (Wildman–Crippen MR) is 198 cm³/mol. The Bertz CT molecular complexity index is 2800. The summed E-state index contributed by atoms with van der Waals surface area (Å²) in [6.45, 7) is 0. The molecular weight excluding hydrogens is 577 g/mol. The molecule has 0 atom stereocenters. The lowest BCUT2D eigenvalue weighted by Crippen LogP contribution is -1.92. The van der Waals surface area contributed by atoms with Gasteiger partial charge in [-0.25, -0.2) is 0 Å². The van der Waals surface area contributed by atoms with Crippen LogP contribution in [0.15, 0.2) is 162 Å². The van der Waals surface area contributed by atoms with E-state index in [0.717, 1.165) is 27.5 Å². The minimum atomic E-state index is 0.911. The van der Waals surface area contributed by atoms with Crippen LogP contribution in [0.4, 0.5) is 0 Å². The first kappa shape index (κ1) is 25.6. The van der Waals surface area contributed by atoms with Crippen LogP contribution in [0.1, 0.15) is 0 Å². The third-order valence-electron chi connectivity index (χ3n) is 9.46. The highest BCUT2D eigenvalue weighted by atomic mass is 32.1. The van der Waals surface area contributed by atoms with E-state index in [4.69, 9.17) is 4.42 Å². The number of para-hydroxylation sites is 1. The number of fused-ring (bicyclic) bond motifs is 8. The van der Waals surface area contributed by atoms with Crippen LogP contribution in [0.3, 0.4) is 0 Å². The number of benzene rings is 8. The van der Waals surface area contributed by atoms with E-state index in [1.807, 2.05) is 23.5 Å². The van der Waals surface area contributed by atoms with Crippen molar-refractivity contribution in [2.45, 2.75) is 0 Å². The SMILES string of the molecule is c1ccc(-c2ccc3c(-c4ccc5sc6ccccc6c5c4)c4ccccc4c(-c4ccc5c(c4)oc4ccccc45)c3c2)cc1. The van der Waals surface area contributed by atoms with E-state index in [0.29, 0.717) is 0 Å². The van der Waals surface area contributed by atoms with Crippen LogP contribution in [-0.4, -0.2) is 0 Å². The molecule has 0 aliphatic rings. The molecular formula is C44H26OS. The van der Waals surface area contributed by atoms with Crippen molar-refractivity contribution in [1.29, 1.82) is 0 Å². The summed E-state index contributed by atoms with van der Waals surface area (Å²) in [7, 11) is 0. The molecule has 10 rings (SSSR count). The van der Waals surface area contributed by atoms with Crippen LogP contribution < -0.4 is 0 Å². The monoisotopic (exact) mass is 602 g/mol. The third-order valence-corrected chi connectivity index (χ3v) is 10.6. The van der Waals surface area contributed by atoms with Gasteiger partial charge < -0.3 is 4.42 Å². The first-order chi connectivity index (χ1) is 22.8. The van der Waals surface area contributed by atoms with Gasteiger partial charge in [-0.3, -0.25) is 0 Å². The summed E-state index contributed by atoms with van der Waals surface area (Å²) in [5.41, 5.74) is 9.15. The summed E-state index contributed by atoms with van der Waals surface area (Å²) in [4.78, 5) is 0. The number of furan rings is 1. The Morgan fingerprint density at radius 1 is 0.304 bits per heavy atom. The molecule has 0 unspecified atom stereocenters. The van der Waals surface area contributed by atoms with E-state index in [1.54, 1.807) is 0 Å². The summed E-state index contributed by atoms with van der Waals surface area (Å²) < 4.78 is 9.04. The molecule has 0 radical (unpaired) electrons. The summed E-state index contributed by atoms with van der Waals surface area (Å²) in [5, 5.41) is 9.90. The second-order valence-corrected chi connectivity index (χ2v) is 13.1. The molecule has 10 aromatic rings. The predicted octanol–water partition coefficient (Wildman–Crippen LogP) is 13.3. The van der Waals surface area contributed by atoms with Gasteiger partial charge in [-0.1, -0.05) is 115 Å². The van der Waals surface area contributed by atoms with Gasteiger partial charge in [-0.2, -0.15) is 0 Å². The minimum absolute atomic E-state index is 0.911. The van der Waals surface area contributed by atoms with Crippen LogP contribution in [0.2, 0.25) is 0 Å². The second-order valence-electron chi connectivity index (χ2n) is 12.0. The van der Waals surface area contributed by atoms with Gasteiger partial charge in [0.2, 0.25) is 0 Å². The van der Waals surface area contributed by atoms with Gasteiger partial charge in [0.1, 0.15) is 11.2 Å². The largest absolute Gasteiger partial charge is 0.456 e. The minimum Gasteiger partial charge on any atom is -0.456 e. The molecule has 0 aliphatic heterocycles. The quantitative estimate of drug-likeness (QED) is 0.183. The molecule has 214 valence electrons. The fraction of sp³-hybridized carbons (Fsp3) is 0. The highest BCUT2D eigenvalue weighted by Gasteiger charge is 2.19. The summed E-state index contributed by atoms with van der Waals surface area (Å²) in [6.07, 6.45) is 0. The second kappa shape index (κ2) is 9.90. The van der Waals surface area contributed by atoms with Crippen molar-refractivity contribution in [2.24, 2.45) is 0 Å². The summed E-state index contributed by atoms with van der Waals surface area (Å²) in [5.74, 6) is 0. The summed E-state index contributed by atoms with van der Waals surface area (Å²) in [6, 6.07) is 57.4. The van der Waals surface area contributed by atoms with Crippen molar-refractivity contribution in [1.82, 2.24) is 0 Å². The molecule has 0 bridgehead atoms. The molecule has 2 aromatic heterocycles. The van der Waals surface area contributed by atoms with Crippen molar-refractivity contribution in [2.75, 3.05) is 0 Å². The van der Waals surface area contributed by atoms with Crippen LogP contribution in [0.25, 0.3) is 97.0 Å². The molecule has 46 heavy (non-hydrogen) atoms. The average molecular weight is 603 g/mol. The lowest BCUT2D eigenvalue weighted by atomic mass is 9.84. The molecule has 0 saturated carbocycles. The van der Waals surface area contributed by atoms with E-state index in [9.17, 15) is 0 Å². The van der Waals surface area contributed by atoms with Crippen LogP contribution >= 0.6 is 11.3 Å². The van der Waals surface area contributed by atoms with E-state index in [2.05, 4.69) is 146 Å². The Kier molecular flexibility index (Phi) is 5.51. The van der Waals surface area contributed by atoms with Gasteiger partial charge in [-0.15, -0.1) is 11.3 Å². The molecule has 1 nitrogen and oxygen atoms in total. The number of rotatable bonds is 3. The Hall–Kier alpha value is -5.70. The Balaban J connectivity index is 1.32. The molecule has 0 fully saturated rings.